The first kappa shape index (κ1) is 22.3. The van der Waals surface area contributed by atoms with E-state index in [9.17, 15) is 24.8 Å². The molecule has 1 rings (SSSR count). The van der Waals surface area contributed by atoms with E-state index in [1.165, 1.54) is 18.2 Å². The summed E-state index contributed by atoms with van der Waals surface area (Å²) >= 11 is 0. The van der Waals surface area contributed by atoms with Crippen LogP contribution in [-0.4, -0.2) is 66.6 Å². The number of carbonyl (C=O) groups excluding carboxylic acids is 1. The third-order valence-corrected chi connectivity index (χ3v) is 3.61. The van der Waals surface area contributed by atoms with Crippen molar-refractivity contribution in [2.75, 3.05) is 39.1 Å². The van der Waals surface area contributed by atoms with E-state index in [0.717, 1.165) is 13.0 Å². The Labute approximate surface area is 157 Å². The third kappa shape index (κ3) is 8.01. The lowest BCUT2D eigenvalue weighted by molar-refractivity contribution is -0.384. The molecule has 0 saturated carbocycles. The highest BCUT2D eigenvalue weighted by Crippen LogP contribution is 2.29. The Hall–Kier alpha value is -2.72. The van der Waals surface area contributed by atoms with Crippen molar-refractivity contribution in [1.82, 2.24) is 10.2 Å². The van der Waals surface area contributed by atoms with Crippen LogP contribution in [0.4, 0.5) is 11.4 Å². The van der Waals surface area contributed by atoms with Crippen LogP contribution in [0.2, 0.25) is 0 Å². The molecule has 0 aliphatic heterocycles. The molecule has 0 fully saturated rings. The fourth-order valence-corrected chi connectivity index (χ4v) is 2.33. The van der Waals surface area contributed by atoms with Crippen LogP contribution in [0.15, 0.2) is 18.2 Å². The topological polar surface area (TPSA) is 134 Å². The minimum absolute atomic E-state index is 0.00907. The van der Waals surface area contributed by atoms with E-state index in [2.05, 4.69) is 10.6 Å². The van der Waals surface area contributed by atoms with Crippen LogP contribution in [0.25, 0.3) is 0 Å². The van der Waals surface area contributed by atoms with Gasteiger partial charge in [-0.1, -0.05) is 0 Å². The van der Waals surface area contributed by atoms with Gasteiger partial charge >= 0.3 is 5.97 Å². The standard InChI is InChI=1S/C17H26N4O6/c1-4-27-12-6-7-13(15(10-12)21(25)26)19-16(22)11-14(17(23)24)18-8-5-9-20(2)3/h6-7,10,14,18H,4-5,8-9,11H2,1-3H3,(H,19,22)(H,23,24)/t14-/m1/s1. The molecule has 0 radical (unpaired) electrons. The highest BCUT2D eigenvalue weighted by molar-refractivity contribution is 5.95. The molecule has 0 saturated heterocycles. The SMILES string of the molecule is CCOc1ccc(NC(=O)C[C@@H](NCCCN(C)C)C(=O)O)c([N+](=O)[O-])c1. The monoisotopic (exact) mass is 382 g/mol. The molecule has 0 aliphatic carbocycles. The average Bonchev–Trinajstić information content (AvgIpc) is 2.58. The summed E-state index contributed by atoms with van der Waals surface area (Å²) in [6.07, 6.45) is 0.379. The Kier molecular flexibility index (Phi) is 9.17. The molecule has 1 atom stereocenters. The van der Waals surface area contributed by atoms with E-state index in [4.69, 9.17) is 4.74 Å². The van der Waals surface area contributed by atoms with E-state index < -0.39 is 22.8 Å². The number of hydrogen-bond donors (Lipinski definition) is 3. The number of nitrogens with one attached hydrogen (secondary N) is 2. The number of amides is 1. The Morgan fingerprint density at radius 2 is 2.07 bits per heavy atom. The van der Waals surface area contributed by atoms with Gasteiger partial charge in [-0.3, -0.25) is 19.7 Å². The molecule has 27 heavy (non-hydrogen) atoms. The number of carboxylic acid groups (broad SMARTS) is 1. The van der Waals surface area contributed by atoms with Gasteiger partial charge in [-0.2, -0.15) is 0 Å². The van der Waals surface area contributed by atoms with Gasteiger partial charge in [-0.05, 0) is 52.7 Å². The highest BCUT2D eigenvalue weighted by Gasteiger charge is 2.23. The Morgan fingerprint density at radius 1 is 1.37 bits per heavy atom. The maximum Gasteiger partial charge on any atom is 0.321 e. The number of rotatable bonds is 12. The summed E-state index contributed by atoms with van der Waals surface area (Å²) in [4.78, 5) is 36.0. The number of carbonyl (C=O) groups is 2. The first-order valence-corrected chi connectivity index (χ1v) is 8.56. The van der Waals surface area contributed by atoms with Crippen LogP contribution < -0.4 is 15.4 Å². The minimum atomic E-state index is -1.16. The highest BCUT2D eigenvalue weighted by atomic mass is 16.6. The van der Waals surface area contributed by atoms with E-state index in [1.807, 2.05) is 19.0 Å². The molecule has 10 nitrogen and oxygen atoms in total. The van der Waals surface area contributed by atoms with Gasteiger partial charge in [0.1, 0.15) is 17.5 Å². The van der Waals surface area contributed by atoms with Crippen molar-refractivity contribution in [2.24, 2.45) is 0 Å². The molecule has 0 spiro atoms. The lowest BCUT2D eigenvalue weighted by atomic mass is 10.1. The van der Waals surface area contributed by atoms with Crippen LogP contribution in [-0.2, 0) is 9.59 Å². The molecular weight excluding hydrogens is 356 g/mol. The van der Waals surface area contributed by atoms with Gasteiger partial charge in [0.25, 0.3) is 5.69 Å². The normalized spacial score (nSPS) is 11.9. The smallest absolute Gasteiger partial charge is 0.321 e. The maximum absolute atomic E-state index is 12.2. The number of aliphatic carboxylic acids is 1. The molecule has 1 aromatic rings. The first-order valence-electron chi connectivity index (χ1n) is 8.56. The lowest BCUT2D eigenvalue weighted by Crippen LogP contribution is -2.40. The van der Waals surface area contributed by atoms with Crippen molar-refractivity contribution >= 4 is 23.3 Å². The van der Waals surface area contributed by atoms with Crippen molar-refractivity contribution in [2.45, 2.75) is 25.8 Å². The molecule has 3 N–H and O–H groups in total. The molecule has 0 heterocycles. The van der Waals surface area contributed by atoms with E-state index >= 15 is 0 Å². The largest absolute Gasteiger partial charge is 0.494 e. The number of nitrogens with zero attached hydrogens (tertiary/aromatic N) is 2. The van der Waals surface area contributed by atoms with Gasteiger partial charge in [-0.25, -0.2) is 0 Å². The van der Waals surface area contributed by atoms with Gasteiger partial charge < -0.3 is 25.4 Å². The molecule has 150 valence electrons. The molecule has 10 heteroatoms. The third-order valence-electron chi connectivity index (χ3n) is 3.61. The fraction of sp³-hybridized carbons (Fsp3) is 0.529. The zero-order valence-electron chi connectivity index (χ0n) is 15.7. The van der Waals surface area contributed by atoms with Crippen LogP contribution in [0.3, 0.4) is 0 Å². The van der Waals surface area contributed by atoms with Crippen LogP contribution in [0.1, 0.15) is 19.8 Å². The van der Waals surface area contributed by atoms with Crippen LogP contribution in [0.5, 0.6) is 5.75 Å². The molecule has 0 aliphatic rings. The van der Waals surface area contributed by atoms with Crippen LogP contribution in [0, 0.1) is 10.1 Å². The van der Waals surface area contributed by atoms with Gasteiger partial charge in [0, 0.05) is 0 Å². The summed E-state index contributed by atoms with van der Waals surface area (Å²) in [7, 11) is 3.82. The number of hydrogen-bond acceptors (Lipinski definition) is 7. The summed E-state index contributed by atoms with van der Waals surface area (Å²) in [5.41, 5.74) is -0.328. The van der Waals surface area contributed by atoms with E-state index in [1.54, 1.807) is 6.92 Å². The molecular formula is C17H26N4O6. The summed E-state index contributed by atoms with van der Waals surface area (Å²) < 4.78 is 5.22. The zero-order valence-corrected chi connectivity index (χ0v) is 15.7. The van der Waals surface area contributed by atoms with E-state index in [-0.39, 0.29) is 17.8 Å². The van der Waals surface area contributed by atoms with Crippen molar-refractivity contribution in [1.29, 1.82) is 0 Å². The Morgan fingerprint density at radius 3 is 2.63 bits per heavy atom. The summed E-state index contributed by atoms with van der Waals surface area (Å²) in [5.74, 6) is -1.47. The van der Waals surface area contributed by atoms with E-state index in [0.29, 0.717) is 18.9 Å². The van der Waals surface area contributed by atoms with Crippen molar-refractivity contribution in [3.63, 3.8) is 0 Å². The van der Waals surface area contributed by atoms with Crippen molar-refractivity contribution in [3.05, 3.63) is 28.3 Å². The summed E-state index contributed by atoms with van der Waals surface area (Å²) in [6, 6.07) is 3.00. The number of anilines is 1. The molecule has 0 bridgehead atoms. The second-order valence-electron chi connectivity index (χ2n) is 6.12. The number of ether oxygens (including phenoxy) is 1. The quantitative estimate of drug-likeness (QED) is 0.280. The molecule has 1 aromatic carbocycles. The van der Waals surface area contributed by atoms with Crippen molar-refractivity contribution in [3.8, 4) is 5.75 Å². The van der Waals surface area contributed by atoms with Gasteiger partial charge in [-0.15, -0.1) is 0 Å². The summed E-state index contributed by atoms with van der Waals surface area (Å²) in [6.45, 7) is 3.32. The van der Waals surface area contributed by atoms with Gasteiger partial charge in [0.15, 0.2) is 0 Å². The summed E-state index contributed by atoms with van der Waals surface area (Å²) in [5, 5.41) is 25.7. The average molecular weight is 382 g/mol. The Bertz CT molecular complexity index is 665. The predicted octanol–water partition coefficient (Wildman–Crippen LogP) is 1.32. The number of benzene rings is 1. The number of carboxylic acids is 1. The number of nitro groups is 1. The number of nitro benzene ring substituents is 1. The molecule has 1 amide bonds. The Balaban J connectivity index is 2.72. The van der Waals surface area contributed by atoms with Crippen LogP contribution >= 0.6 is 0 Å². The zero-order chi connectivity index (χ0) is 20.4. The molecule has 0 aromatic heterocycles. The first-order chi connectivity index (χ1) is 12.7. The van der Waals surface area contributed by atoms with Gasteiger partial charge in [0.05, 0.1) is 24.0 Å². The lowest BCUT2D eigenvalue weighted by Gasteiger charge is -2.16. The molecule has 0 unspecified atom stereocenters. The predicted molar refractivity (Wildman–Crippen MR) is 100 cm³/mol. The second-order valence-corrected chi connectivity index (χ2v) is 6.12. The fourth-order valence-electron chi connectivity index (χ4n) is 2.33. The minimum Gasteiger partial charge on any atom is -0.494 e. The van der Waals surface area contributed by atoms with Gasteiger partial charge in [0.2, 0.25) is 5.91 Å². The van der Waals surface area contributed by atoms with Crippen molar-refractivity contribution < 1.29 is 24.4 Å². The maximum atomic E-state index is 12.2. The second kappa shape index (κ2) is 11.1.